The van der Waals surface area contributed by atoms with Crippen molar-refractivity contribution < 1.29 is 14.4 Å². The predicted molar refractivity (Wildman–Crippen MR) is 58.7 cm³/mol. The lowest BCUT2D eigenvalue weighted by atomic mass is 10.2. The van der Waals surface area contributed by atoms with Gasteiger partial charge in [0.25, 0.3) is 0 Å². The Kier molecular flexibility index (Phi) is 4.46. The van der Waals surface area contributed by atoms with Gasteiger partial charge in [0.1, 0.15) is 5.78 Å². The van der Waals surface area contributed by atoms with Crippen LogP contribution in [0.25, 0.3) is 0 Å². The van der Waals surface area contributed by atoms with Gasteiger partial charge in [0.15, 0.2) is 0 Å². The third-order valence-electron chi connectivity index (χ3n) is 2.58. The molecule has 0 atom stereocenters. The molecule has 5 heteroatoms. The highest BCUT2D eigenvalue weighted by molar-refractivity contribution is 5.92. The average molecular weight is 226 g/mol. The molecular formula is C11H18N2O3. The van der Waals surface area contributed by atoms with Gasteiger partial charge in [-0.1, -0.05) is 6.92 Å². The van der Waals surface area contributed by atoms with E-state index in [2.05, 4.69) is 0 Å². The largest absolute Gasteiger partial charge is 0.332 e. The molecule has 0 N–H and O–H groups in total. The lowest BCUT2D eigenvalue weighted by Crippen LogP contribution is -2.54. The first kappa shape index (κ1) is 12.7. The second-order valence-corrected chi connectivity index (χ2v) is 4.08. The van der Waals surface area contributed by atoms with Crippen molar-refractivity contribution in [3.05, 3.63) is 0 Å². The van der Waals surface area contributed by atoms with E-state index in [4.69, 9.17) is 0 Å². The first-order valence-electron chi connectivity index (χ1n) is 5.59. The zero-order valence-electron chi connectivity index (χ0n) is 9.86. The van der Waals surface area contributed by atoms with Crippen molar-refractivity contribution >= 4 is 17.6 Å². The summed E-state index contributed by atoms with van der Waals surface area (Å²) in [6, 6.07) is 0. The van der Waals surface area contributed by atoms with Crippen molar-refractivity contribution in [2.24, 2.45) is 0 Å². The number of amides is 2. The Bertz CT molecular complexity index is 302. The van der Waals surface area contributed by atoms with Crippen LogP contribution in [0, 0.1) is 0 Å². The van der Waals surface area contributed by atoms with Crippen molar-refractivity contribution in [3.8, 4) is 0 Å². The van der Waals surface area contributed by atoms with Crippen LogP contribution in [0.2, 0.25) is 0 Å². The van der Waals surface area contributed by atoms with E-state index in [0.29, 0.717) is 19.5 Å². The Morgan fingerprint density at radius 1 is 1.12 bits per heavy atom. The first-order chi connectivity index (χ1) is 7.54. The molecule has 0 aromatic carbocycles. The molecule has 5 nitrogen and oxygen atoms in total. The summed E-state index contributed by atoms with van der Waals surface area (Å²) in [7, 11) is 0. The molecule has 1 aliphatic rings. The average Bonchev–Trinajstić information content (AvgIpc) is 2.21. The molecule has 1 fully saturated rings. The van der Waals surface area contributed by atoms with Crippen LogP contribution >= 0.6 is 0 Å². The Balaban J connectivity index is 2.50. The minimum Gasteiger partial charge on any atom is -0.332 e. The van der Waals surface area contributed by atoms with Gasteiger partial charge in [-0.2, -0.15) is 0 Å². The quantitative estimate of drug-likeness (QED) is 0.665. The topological polar surface area (TPSA) is 57.7 Å². The molecular weight excluding hydrogens is 208 g/mol. The third kappa shape index (κ3) is 3.32. The molecule has 90 valence electrons. The molecule has 1 heterocycles. The van der Waals surface area contributed by atoms with Crippen molar-refractivity contribution in [3.63, 3.8) is 0 Å². The van der Waals surface area contributed by atoms with Gasteiger partial charge >= 0.3 is 0 Å². The molecule has 1 aliphatic heterocycles. The lowest BCUT2D eigenvalue weighted by molar-refractivity contribution is -0.150. The fourth-order valence-electron chi connectivity index (χ4n) is 1.67. The van der Waals surface area contributed by atoms with E-state index >= 15 is 0 Å². The minimum atomic E-state index is -0.0608. The summed E-state index contributed by atoms with van der Waals surface area (Å²) in [6.45, 7) is 4.72. The Hall–Kier alpha value is -1.39. The number of nitrogens with zero attached hydrogens (tertiary/aromatic N) is 2. The van der Waals surface area contributed by atoms with Crippen LogP contribution in [0.3, 0.4) is 0 Å². The number of hydrogen-bond acceptors (Lipinski definition) is 3. The summed E-state index contributed by atoms with van der Waals surface area (Å²) < 4.78 is 0. The van der Waals surface area contributed by atoms with E-state index in [1.54, 1.807) is 4.90 Å². The summed E-state index contributed by atoms with van der Waals surface area (Å²) in [5.41, 5.74) is 0. The first-order valence-corrected chi connectivity index (χ1v) is 5.59. The summed E-state index contributed by atoms with van der Waals surface area (Å²) in [5, 5.41) is 0. The van der Waals surface area contributed by atoms with Crippen molar-refractivity contribution in [1.82, 2.24) is 9.80 Å². The van der Waals surface area contributed by atoms with Crippen LogP contribution in [-0.2, 0) is 14.4 Å². The number of ketones is 1. The zero-order valence-corrected chi connectivity index (χ0v) is 9.86. The Morgan fingerprint density at radius 3 is 2.06 bits per heavy atom. The van der Waals surface area contributed by atoms with Gasteiger partial charge in [-0.25, -0.2) is 0 Å². The second kappa shape index (κ2) is 5.63. The lowest BCUT2D eigenvalue weighted by Gasteiger charge is -2.33. The number of rotatable bonds is 5. The number of piperazine rings is 1. The molecule has 1 rings (SSSR count). The molecule has 0 radical (unpaired) electrons. The number of hydrogen-bond donors (Lipinski definition) is 0. The fraction of sp³-hybridized carbons (Fsp3) is 0.727. The number of carbonyl (C=O) groups is 3. The molecule has 1 saturated heterocycles. The Labute approximate surface area is 95.4 Å². The van der Waals surface area contributed by atoms with Crippen molar-refractivity contribution in [1.29, 1.82) is 0 Å². The zero-order chi connectivity index (χ0) is 12.1. The standard InChI is InChI=1S/C11H18N2O3/c1-3-5-12-7-11(16)13(8-10(12)15)6-4-9(2)14/h3-8H2,1-2H3. The van der Waals surface area contributed by atoms with Gasteiger partial charge < -0.3 is 9.80 Å². The monoisotopic (exact) mass is 226 g/mol. The molecule has 0 unspecified atom stereocenters. The van der Waals surface area contributed by atoms with Crippen LogP contribution in [0.4, 0.5) is 0 Å². The summed E-state index contributed by atoms with van der Waals surface area (Å²) in [4.78, 5) is 37.1. The van der Waals surface area contributed by atoms with E-state index in [-0.39, 0.29) is 30.7 Å². The Morgan fingerprint density at radius 2 is 1.62 bits per heavy atom. The highest BCUT2D eigenvalue weighted by Crippen LogP contribution is 2.06. The third-order valence-corrected chi connectivity index (χ3v) is 2.58. The molecule has 0 spiro atoms. The highest BCUT2D eigenvalue weighted by Gasteiger charge is 2.28. The van der Waals surface area contributed by atoms with Crippen LogP contribution in [0.5, 0.6) is 0 Å². The molecule has 0 bridgehead atoms. The normalized spacial score (nSPS) is 16.9. The van der Waals surface area contributed by atoms with Crippen LogP contribution < -0.4 is 0 Å². The van der Waals surface area contributed by atoms with E-state index in [9.17, 15) is 14.4 Å². The van der Waals surface area contributed by atoms with E-state index < -0.39 is 0 Å². The predicted octanol–water partition coefficient (Wildman–Crippen LogP) is 0.0463. The summed E-state index contributed by atoms with van der Waals surface area (Å²) in [5.74, 6) is -0.0458. The van der Waals surface area contributed by atoms with Crippen molar-refractivity contribution in [2.75, 3.05) is 26.2 Å². The van der Waals surface area contributed by atoms with Crippen LogP contribution in [0.1, 0.15) is 26.7 Å². The smallest absolute Gasteiger partial charge is 0.242 e. The molecule has 16 heavy (non-hydrogen) atoms. The maximum Gasteiger partial charge on any atom is 0.242 e. The summed E-state index contributed by atoms with van der Waals surface area (Å²) >= 11 is 0. The van der Waals surface area contributed by atoms with Crippen LogP contribution in [-0.4, -0.2) is 53.6 Å². The van der Waals surface area contributed by atoms with Crippen molar-refractivity contribution in [2.45, 2.75) is 26.7 Å². The molecule has 2 amide bonds. The van der Waals surface area contributed by atoms with E-state index in [1.165, 1.54) is 11.8 Å². The van der Waals surface area contributed by atoms with E-state index in [0.717, 1.165) is 6.42 Å². The second-order valence-electron chi connectivity index (χ2n) is 4.08. The van der Waals surface area contributed by atoms with Gasteiger partial charge in [0, 0.05) is 19.5 Å². The summed E-state index contributed by atoms with van der Waals surface area (Å²) in [6.07, 6.45) is 1.18. The van der Waals surface area contributed by atoms with Gasteiger partial charge in [0.2, 0.25) is 11.8 Å². The fourth-order valence-corrected chi connectivity index (χ4v) is 1.67. The molecule has 0 saturated carbocycles. The van der Waals surface area contributed by atoms with Gasteiger partial charge in [0.05, 0.1) is 13.1 Å². The molecule has 0 aromatic rings. The van der Waals surface area contributed by atoms with Gasteiger partial charge in [-0.05, 0) is 13.3 Å². The maximum absolute atomic E-state index is 11.7. The number of carbonyl (C=O) groups excluding carboxylic acids is 3. The molecule has 0 aliphatic carbocycles. The van der Waals surface area contributed by atoms with Crippen LogP contribution in [0.15, 0.2) is 0 Å². The molecule has 0 aromatic heterocycles. The SMILES string of the molecule is CCCN1CC(=O)N(CCC(C)=O)CC1=O. The minimum absolute atomic E-state index is 0.0231. The highest BCUT2D eigenvalue weighted by atomic mass is 16.2. The van der Waals surface area contributed by atoms with E-state index in [1.807, 2.05) is 6.92 Å². The maximum atomic E-state index is 11.7. The van der Waals surface area contributed by atoms with Gasteiger partial charge in [-0.3, -0.25) is 14.4 Å². The van der Waals surface area contributed by atoms with Gasteiger partial charge in [-0.15, -0.1) is 0 Å². The number of Topliss-reactive ketones (excluding diaryl/α,β-unsaturated/α-hetero) is 1.